The predicted octanol–water partition coefficient (Wildman–Crippen LogP) is 5.19. The van der Waals surface area contributed by atoms with Crippen molar-refractivity contribution in [2.24, 2.45) is 0 Å². The van der Waals surface area contributed by atoms with Crippen LogP contribution in [0.2, 0.25) is 0 Å². The Kier molecular flexibility index (Phi) is 10.6. The van der Waals surface area contributed by atoms with Crippen molar-refractivity contribution in [2.45, 2.75) is 85.5 Å². The van der Waals surface area contributed by atoms with E-state index in [2.05, 4.69) is 88.2 Å². The van der Waals surface area contributed by atoms with Crippen molar-refractivity contribution in [2.75, 3.05) is 0 Å². The van der Waals surface area contributed by atoms with E-state index in [0.717, 1.165) is 23.0 Å². The Balaban J connectivity index is 0.000000655. The van der Waals surface area contributed by atoms with Gasteiger partial charge in [0.1, 0.15) is 0 Å². The van der Waals surface area contributed by atoms with Crippen LogP contribution in [0.25, 0.3) is 11.6 Å². The van der Waals surface area contributed by atoms with E-state index in [1.54, 1.807) is 9.36 Å². The minimum atomic E-state index is -0.465. The molecule has 10 nitrogen and oxygen atoms in total. The number of aromatic nitrogens is 8. The Morgan fingerprint density at radius 1 is 0.756 bits per heavy atom. The van der Waals surface area contributed by atoms with Crippen molar-refractivity contribution in [1.82, 2.24) is 39.5 Å². The molecule has 0 unspecified atom stereocenters. The first-order valence-corrected chi connectivity index (χ1v) is 13.0. The molecular formula is C30H38IrN8O2-2. The van der Waals surface area contributed by atoms with Crippen LogP contribution in [0.5, 0.6) is 0 Å². The SMILES string of the molecule is CC(=O)/C=C(/C)O.CC(C)(C)c1n[c-]n(-c2cccc(C(C)(C)c3cccc(-n4[c-]nc(C(C)(C)C)n4)n3)n2)n1.[Ir]. The van der Waals surface area contributed by atoms with Crippen molar-refractivity contribution in [3.8, 4) is 11.6 Å². The van der Waals surface area contributed by atoms with Gasteiger partial charge in [-0.05, 0) is 50.7 Å². The number of carbonyl (C=O) groups is 1. The quantitative estimate of drug-likeness (QED) is 0.169. The van der Waals surface area contributed by atoms with Gasteiger partial charge in [0.05, 0.1) is 29.0 Å². The standard InChI is InChI=1S/C25H30N8.C5H8O2.Ir/c1-23(2,3)21-26-15-32(30-21)19-13-9-11-17(28-19)25(7,8)18-12-10-14-20(29-18)33-16-27-22(31-33)24(4,5)6;1-4(6)3-5(2)7;/h9-14H,1-8H3;3,6H,1-2H3;/q-2;;/b;4-3-;. The zero-order chi connectivity index (χ0) is 29.9. The molecule has 4 aromatic rings. The summed E-state index contributed by atoms with van der Waals surface area (Å²) in [7, 11) is 0. The van der Waals surface area contributed by atoms with Gasteiger partial charge in [-0.25, -0.2) is 10.2 Å². The second-order valence-electron chi connectivity index (χ2n) is 12.2. The van der Waals surface area contributed by atoms with E-state index in [-0.39, 0.29) is 42.5 Å². The van der Waals surface area contributed by atoms with Gasteiger partial charge < -0.3 is 24.4 Å². The first-order valence-electron chi connectivity index (χ1n) is 13.0. The van der Waals surface area contributed by atoms with Crippen LogP contribution < -0.4 is 0 Å². The fourth-order valence-corrected chi connectivity index (χ4v) is 3.51. The van der Waals surface area contributed by atoms with Crippen molar-refractivity contribution < 1.29 is 30.0 Å². The van der Waals surface area contributed by atoms with Crippen LogP contribution in [0.15, 0.2) is 48.2 Å². The molecule has 0 amide bonds. The number of aliphatic hydroxyl groups excluding tert-OH is 1. The van der Waals surface area contributed by atoms with Crippen LogP contribution in [0.3, 0.4) is 0 Å². The summed E-state index contributed by atoms with van der Waals surface area (Å²) in [5.74, 6) is 2.72. The number of carbonyl (C=O) groups excluding carboxylic acids is 1. The van der Waals surface area contributed by atoms with Gasteiger partial charge >= 0.3 is 0 Å². The summed E-state index contributed by atoms with van der Waals surface area (Å²) in [5, 5.41) is 17.5. The van der Waals surface area contributed by atoms with E-state index in [4.69, 9.17) is 15.1 Å². The maximum atomic E-state index is 10.0. The summed E-state index contributed by atoms with van der Waals surface area (Å²) >= 11 is 0. The van der Waals surface area contributed by atoms with Gasteiger partial charge in [-0.15, -0.1) is 0 Å². The van der Waals surface area contributed by atoms with Crippen molar-refractivity contribution in [3.05, 3.63) is 83.9 Å². The van der Waals surface area contributed by atoms with E-state index >= 15 is 0 Å². The van der Waals surface area contributed by atoms with Crippen LogP contribution in [0, 0.1) is 12.7 Å². The fraction of sp³-hybridized carbons (Fsp3) is 0.433. The minimum Gasteiger partial charge on any atom is -0.512 e. The van der Waals surface area contributed by atoms with Crippen LogP contribution in [0.1, 0.15) is 92.3 Å². The predicted molar refractivity (Wildman–Crippen MR) is 153 cm³/mol. The molecule has 4 rings (SSSR count). The number of rotatable bonds is 5. The molecule has 1 radical (unpaired) electrons. The van der Waals surface area contributed by atoms with Gasteiger partial charge in [-0.2, -0.15) is 0 Å². The summed E-state index contributed by atoms with van der Waals surface area (Å²) in [4.78, 5) is 28.4. The molecule has 4 aromatic heterocycles. The maximum Gasteiger partial charge on any atom is 0.155 e. The molecule has 4 heterocycles. The Hall–Kier alpha value is -3.56. The van der Waals surface area contributed by atoms with E-state index in [0.29, 0.717) is 11.6 Å². The molecule has 0 fully saturated rings. The zero-order valence-corrected chi connectivity index (χ0v) is 27.7. The number of aliphatic hydroxyl groups is 1. The molecule has 221 valence electrons. The molecular weight excluding hydrogens is 697 g/mol. The average Bonchev–Trinajstić information content (AvgIpc) is 3.54. The third-order valence-electron chi connectivity index (χ3n) is 5.83. The van der Waals surface area contributed by atoms with Gasteiger partial charge in [-0.3, -0.25) is 14.8 Å². The first-order chi connectivity index (χ1) is 18.5. The Morgan fingerprint density at radius 3 is 1.41 bits per heavy atom. The van der Waals surface area contributed by atoms with Crippen molar-refractivity contribution >= 4 is 5.78 Å². The number of nitrogens with zero attached hydrogens (tertiary/aromatic N) is 8. The summed E-state index contributed by atoms with van der Waals surface area (Å²) in [5.41, 5.74) is 0.947. The largest absolute Gasteiger partial charge is 0.512 e. The summed E-state index contributed by atoms with van der Waals surface area (Å²) < 4.78 is 3.20. The van der Waals surface area contributed by atoms with Crippen molar-refractivity contribution in [3.63, 3.8) is 0 Å². The third kappa shape index (κ3) is 8.71. The monoisotopic (exact) mass is 735 g/mol. The van der Waals surface area contributed by atoms with Gasteiger partial charge in [-0.1, -0.05) is 65.8 Å². The average molecular weight is 735 g/mol. The van der Waals surface area contributed by atoms with Crippen LogP contribution >= 0.6 is 0 Å². The molecule has 0 atom stereocenters. The second kappa shape index (κ2) is 13.0. The Labute approximate surface area is 255 Å². The smallest absolute Gasteiger partial charge is 0.155 e. The number of allylic oxidation sites excluding steroid dienone is 2. The van der Waals surface area contributed by atoms with Gasteiger partial charge in [0.2, 0.25) is 0 Å². The second-order valence-corrected chi connectivity index (χ2v) is 12.2. The van der Waals surface area contributed by atoms with Crippen LogP contribution in [0.4, 0.5) is 0 Å². The van der Waals surface area contributed by atoms with E-state index in [1.165, 1.54) is 19.9 Å². The summed E-state index contributed by atoms with van der Waals surface area (Å²) in [6.07, 6.45) is 7.06. The molecule has 0 aliphatic carbocycles. The fourth-order valence-electron chi connectivity index (χ4n) is 3.51. The van der Waals surface area contributed by atoms with E-state index < -0.39 is 5.41 Å². The molecule has 0 aliphatic rings. The third-order valence-corrected chi connectivity index (χ3v) is 5.83. The van der Waals surface area contributed by atoms with E-state index in [1.807, 2.05) is 36.4 Å². The molecule has 1 N–H and O–H groups in total. The zero-order valence-electron chi connectivity index (χ0n) is 25.3. The molecule has 11 heteroatoms. The molecule has 0 saturated heterocycles. The van der Waals surface area contributed by atoms with Gasteiger partial charge in [0.15, 0.2) is 5.78 Å². The van der Waals surface area contributed by atoms with Gasteiger partial charge in [0, 0.05) is 55.6 Å². The molecule has 0 saturated carbocycles. The summed E-state index contributed by atoms with van der Waals surface area (Å²) in [6, 6.07) is 11.7. The maximum absolute atomic E-state index is 10.0. The summed E-state index contributed by atoms with van der Waals surface area (Å²) in [6.45, 7) is 19.5. The first kappa shape index (κ1) is 33.6. The van der Waals surface area contributed by atoms with Crippen LogP contribution in [-0.4, -0.2) is 50.4 Å². The minimum absolute atomic E-state index is 0. The molecule has 0 bridgehead atoms. The number of pyridine rings is 2. The molecule has 0 aromatic carbocycles. The molecule has 0 spiro atoms. The number of hydrogen-bond acceptors (Lipinski definition) is 8. The number of ketones is 1. The number of hydrogen-bond donors (Lipinski definition) is 1. The molecule has 41 heavy (non-hydrogen) atoms. The van der Waals surface area contributed by atoms with Gasteiger partial charge in [0.25, 0.3) is 0 Å². The normalized spacial score (nSPS) is 12.3. The van der Waals surface area contributed by atoms with E-state index in [9.17, 15) is 4.79 Å². The Bertz CT molecular complexity index is 1410. The molecule has 0 aliphatic heterocycles. The topological polar surface area (TPSA) is 124 Å². The Morgan fingerprint density at radius 2 is 1.15 bits per heavy atom. The van der Waals surface area contributed by atoms with Crippen molar-refractivity contribution in [1.29, 1.82) is 0 Å². The van der Waals surface area contributed by atoms with Crippen LogP contribution in [-0.2, 0) is 41.1 Å².